The average Bonchev–Trinajstić information content (AvgIpc) is 3.48. The average molecular weight is 482 g/mol. The summed E-state index contributed by atoms with van der Waals surface area (Å²) < 4.78 is 12.1. The number of anilines is 1. The summed E-state index contributed by atoms with van der Waals surface area (Å²) in [6.07, 6.45) is -0.195. The fraction of sp³-hybridized carbons (Fsp3) is 0.241. The number of fused-ring (bicyclic) bond motifs is 3. The Balaban J connectivity index is 1.52. The van der Waals surface area contributed by atoms with Gasteiger partial charge in [0.1, 0.15) is 5.75 Å². The van der Waals surface area contributed by atoms with Crippen molar-refractivity contribution in [3.8, 4) is 5.75 Å². The van der Waals surface area contributed by atoms with Crippen LogP contribution in [0.5, 0.6) is 5.75 Å². The number of amides is 2. The molecule has 2 amide bonds. The zero-order valence-electron chi connectivity index (χ0n) is 19.5. The molecule has 2 heterocycles. The molecule has 2 fully saturated rings. The number of Topliss-reactive ketones (excluding diaryl/α,β-unsaturated/α-hetero) is 2. The van der Waals surface area contributed by atoms with Crippen LogP contribution in [0.2, 0.25) is 0 Å². The Morgan fingerprint density at radius 2 is 1.42 bits per heavy atom. The van der Waals surface area contributed by atoms with Gasteiger partial charge in [-0.25, -0.2) is 4.90 Å². The molecule has 0 aromatic heterocycles. The molecule has 0 saturated carbocycles. The summed E-state index contributed by atoms with van der Waals surface area (Å²) in [7, 11) is 0. The number of imide groups is 1. The standard InChI is InChI=1S/C29H23NO6/c1-2-16-35-21-15-9-8-14-20(21)30-27(33)22-23(28(30)34)29(36-24(22)17-10-4-3-5-11-17)25(31)18-12-6-7-13-19(18)26(29)32/h3-15,22-24H,2,16H2,1H3/t22-,23-,24+/m0/s1. The zero-order valence-corrected chi connectivity index (χ0v) is 19.5. The molecule has 6 rings (SSSR count). The van der Waals surface area contributed by atoms with Gasteiger partial charge < -0.3 is 9.47 Å². The highest BCUT2D eigenvalue weighted by molar-refractivity contribution is 6.37. The van der Waals surface area contributed by atoms with Crippen molar-refractivity contribution < 1.29 is 28.7 Å². The maximum Gasteiger partial charge on any atom is 0.241 e. The first-order valence-corrected chi connectivity index (χ1v) is 12.0. The SMILES string of the molecule is CCCOc1ccccc1N1C(=O)[C@@H]2[C@@H](c3ccccc3)OC3(C(=O)c4ccccc4C3=O)[C@@H]2C1=O. The summed E-state index contributed by atoms with van der Waals surface area (Å²) >= 11 is 0. The quantitative estimate of drug-likeness (QED) is 0.401. The number of carbonyl (C=O) groups is 4. The molecule has 0 unspecified atom stereocenters. The Kier molecular flexibility index (Phi) is 5.12. The molecule has 0 bridgehead atoms. The number of para-hydroxylation sites is 2. The Labute approximate surface area is 207 Å². The number of ketones is 2. The predicted molar refractivity (Wildman–Crippen MR) is 130 cm³/mol. The molecule has 2 saturated heterocycles. The van der Waals surface area contributed by atoms with E-state index in [0.717, 1.165) is 11.3 Å². The Bertz CT molecular complexity index is 1380. The monoisotopic (exact) mass is 481 g/mol. The van der Waals surface area contributed by atoms with Gasteiger partial charge in [0.25, 0.3) is 0 Å². The first-order chi connectivity index (χ1) is 17.5. The van der Waals surface area contributed by atoms with Crippen LogP contribution in [0.15, 0.2) is 78.9 Å². The smallest absolute Gasteiger partial charge is 0.241 e. The third kappa shape index (κ3) is 2.89. The second-order valence-electron chi connectivity index (χ2n) is 9.22. The van der Waals surface area contributed by atoms with Gasteiger partial charge in [0.2, 0.25) is 29.0 Å². The Morgan fingerprint density at radius 1 is 0.806 bits per heavy atom. The summed E-state index contributed by atoms with van der Waals surface area (Å²) in [5.41, 5.74) is -0.747. The molecular weight excluding hydrogens is 458 g/mol. The van der Waals surface area contributed by atoms with Crippen molar-refractivity contribution in [3.05, 3.63) is 95.6 Å². The number of benzene rings is 3. The number of nitrogens with zero attached hydrogens (tertiary/aromatic N) is 1. The van der Waals surface area contributed by atoms with Crippen LogP contribution < -0.4 is 9.64 Å². The molecule has 3 aromatic rings. The number of hydrogen-bond acceptors (Lipinski definition) is 6. The summed E-state index contributed by atoms with van der Waals surface area (Å²) in [6.45, 7) is 2.37. The van der Waals surface area contributed by atoms with Gasteiger partial charge in [-0.3, -0.25) is 19.2 Å². The summed E-state index contributed by atoms with van der Waals surface area (Å²) in [5.74, 6) is -4.24. The largest absolute Gasteiger partial charge is 0.491 e. The van der Waals surface area contributed by atoms with Crippen molar-refractivity contribution in [1.29, 1.82) is 0 Å². The molecule has 2 aliphatic heterocycles. The summed E-state index contributed by atoms with van der Waals surface area (Å²) in [5, 5.41) is 0. The minimum Gasteiger partial charge on any atom is -0.491 e. The number of carbonyl (C=O) groups excluding carboxylic acids is 4. The van der Waals surface area contributed by atoms with E-state index in [4.69, 9.17) is 9.47 Å². The van der Waals surface area contributed by atoms with Crippen molar-refractivity contribution in [2.24, 2.45) is 11.8 Å². The van der Waals surface area contributed by atoms with Gasteiger partial charge in [0.05, 0.1) is 30.2 Å². The van der Waals surface area contributed by atoms with Crippen LogP contribution in [0.4, 0.5) is 5.69 Å². The molecule has 0 radical (unpaired) electrons. The van der Waals surface area contributed by atoms with Gasteiger partial charge >= 0.3 is 0 Å². The predicted octanol–water partition coefficient (Wildman–Crippen LogP) is 4.17. The molecule has 3 aliphatic rings. The third-order valence-corrected chi connectivity index (χ3v) is 7.22. The van der Waals surface area contributed by atoms with Crippen molar-refractivity contribution in [1.82, 2.24) is 0 Å². The first-order valence-electron chi connectivity index (χ1n) is 12.0. The highest BCUT2D eigenvalue weighted by Crippen LogP contribution is 2.58. The maximum absolute atomic E-state index is 14.1. The molecule has 1 aliphatic carbocycles. The molecule has 180 valence electrons. The molecule has 3 atom stereocenters. The maximum atomic E-state index is 14.1. The number of hydrogen-bond donors (Lipinski definition) is 0. The van der Waals surface area contributed by atoms with Crippen LogP contribution in [0.25, 0.3) is 0 Å². The van der Waals surface area contributed by atoms with Crippen LogP contribution in [-0.2, 0) is 14.3 Å². The van der Waals surface area contributed by atoms with Gasteiger partial charge in [0.15, 0.2) is 0 Å². The van der Waals surface area contributed by atoms with Crippen LogP contribution in [-0.4, -0.2) is 35.6 Å². The molecule has 36 heavy (non-hydrogen) atoms. The highest BCUT2D eigenvalue weighted by Gasteiger charge is 2.74. The van der Waals surface area contributed by atoms with E-state index in [1.165, 1.54) is 0 Å². The fourth-order valence-electron chi connectivity index (χ4n) is 5.67. The van der Waals surface area contributed by atoms with Crippen LogP contribution in [0, 0.1) is 11.8 Å². The van der Waals surface area contributed by atoms with E-state index < -0.39 is 46.9 Å². The normalized spacial score (nSPS) is 23.9. The lowest BCUT2D eigenvalue weighted by atomic mass is 9.77. The lowest BCUT2D eigenvalue weighted by Crippen LogP contribution is -2.51. The molecular formula is C29H23NO6. The Hall–Kier alpha value is -4.10. The van der Waals surface area contributed by atoms with Gasteiger partial charge in [-0.05, 0) is 24.1 Å². The van der Waals surface area contributed by atoms with E-state index >= 15 is 0 Å². The van der Waals surface area contributed by atoms with E-state index in [1.807, 2.05) is 13.0 Å². The minimum atomic E-state index is -2.09. The minimum absolute atomic E-state index is 0.209. The van der Waals surface area contributed by atoms with Crippen molar-refractivity contribution in [2.75, 3.05) is 11.5 Å². The van der Waals surface area contributed by atoms with Gasteiger partial charge in [0, 0.05) is 11.1 Å². The third-order valence-electron chi connectivity index (χ3n) is 7.22. The summed E-state index contributed by atoms with van der Waals surface area (Å²) in [4.78, 5) is 56.7. The van der Waals surface area contributed by atoms with E-state index in [0.29, 0.717) is 23.6 Å². The lowest BCUT2D eigenvalue weighted by Gasteiger charge is -2.27. The van der Waals surface area contributed by atoms with Crippen LogP contribution in [0.3, 0.4) is 0 Å². The second kappa shape index (κ2) is 8.24. The first kappa shape index (κ1) is 22.4. The lowest BCUT2D eigenvalue weighted by molar-refractivity contribution is -0.127. The van der Waals surface area contributed by atoms with Crippen molar-refractivity contribution >= 4 is 29.1 Å². The van der Waals surface area contributed by atoms with E-state index in [9.17, 15) is 19.2 Å². The van der Waals surface area contributed by atoms with Crippen molar-refractivity contribution in [2.45, 2.75) is 25.0 Å². The van der Waals surface area contributed by atoms with Crippen LogP contribution in [0.1, 0.15) is 45.7 Å². The topological polar surface area (TPSA) is 90.0 Å². The zero-order chi connectivity index (χ0) is 25.0. The molecule has 1 spiro atoms. The van der Waals surface area contributed by atoms with Crippen LogP contribution >= 0.6 is 0 Å². The molecule has 7 nitrogen and oxygen atoms in total. The van der Waals surface area contributed by atoms with Crippen molar-refractivity contribution in [3.63, 3.8) is 0 Å². The van der Waals surface area contributed by atoms with E-state index in [2.05, 4.69) is 0 Å². The second-order valence-corrected chi connectivity index (χ2v) is 9.22. The Morgan fingerprint density at radius 3 is 2.08 bits per heavy atom. The number of rotatable bonds is 5. The fourth-order valence-corrected chi connectivity index (χ4v) is 5.67. The summed E-state index contributed by atoms with van der Waals surface area (Å²) in [6, 6.07) is 22.2. The van der Waals surface area contributed by atoms with Gasteiger partial charge in [-0.2, -0.15) is 0 Å². The highest BCUT2D eigenvalue weighted by atomic mass is 16.5. The van der Waals surface area contributed by atoms with Gasteiger partial charge in [-0.15, -0.1) is 0 Å². The molecule has 7 heteroatoms. The van der Waals surface area contributed by atoms with E-state index in [1.54, 1.807) is 72.8 Å². The molecule has 3 aromatic carbocycles. The van der Waals surface area contributed by atoms with E-state index in [-0.39, 0.29) is 11.1 Å². The molecule has 0 N–H and O–H groups in total. The number of ether oxygens (including phenoxy) is 2. The van der Waals surface area contributed by atoms with Gasteiger partial charge in [-0.1, -0.05) is 73.7 Å².